The summed E-state index contributed by atoms with van der Waals surface area (Å²) in [4.78, 5) is 0. The van der Waals surface area contributed by atoms with E-state index in [4.69, 9.17) is 4.74 Å². The largest absolute Gasteiger partial charge is 0.491 e. The molecule has 1 rings (SSSR count). The molecule has 0 aromatic heterocycles. The molecule has 0 unspecified atom stereocenters. The Morgan fingerprint density at radius 3 is 2.53 bits per heavy atom. The minimum Gasteiger partial charge on any atom is -0.491 e. The fourth-order valence-corrected chi connectivity index (χ4v) is 1.21. The fraction of sp³-hybridized carbons (Fsp3) is 0.500. The maximum Gasteiger partial charge on any atom is 0.137 e. The second kappa shape index (κ2) is 6.43. The van der Waals surface area contributed by atoms with E-state index in [0.29, 0.717) is 19.2 Å². The molecule has 0 amide bonds. The van der Waals surface area contributed by atoms with E-state index < -0.39 is 6.10 Å². The van der Waals surface area contributed by atoms with E-state index in [0.717, 1.165) is 5.75 Å². The Labute approximate surface area is 91.1 Å². The Hall–Kier alpha value is -1.06. The van der Waals surface area contributed by atoms with Crippen molar-refractivity contribution in [3.8, 4) is 5.75 Å². The van der Waals surface area contributed by atoms with Crippen molar-refractivity contribution in [3.05, 3.63) is 30.3 Å². The van der Waals surface area contributed by atoms with E-state index in [-0.39, 0.29) is 0 Å². The molecule has 1 aromatic carbocycles. The summed E-state index contributed by atoms with van der Waals surface area (Å²) in [6.07, 6.45) is -0.410. The Kier molecular flexibility index (Phi) is 5.15. The van der Waals surface area contributed by atoms with Gasteiger partial charge in [-0.15, -0.1) is 0 Å². The molecule has 0 heterocycles. The lowest BCUT2D eigenvalue weighted by Gasteiger charge is -2.12. The van der Waals surface area contributed by atoms with E-state index in [1.165, 1.54) is 0 Å². The molecular weight excluding hydrogens is 190 g/mol. The number of hydrogen-bond donors (Lipinski definition) is 2. The van der Waals surface area contributed by atoms with E-state index in [9.17, 15) is 5.11 Å². The van der Waals surface area contributed by atoms with Gasteiger partial charge in [0.05, 0.1) is 6.04 Å². The predicted molar refractivity (Wildman–Crippen MR) is 59.9 cm³/mol. The van der Waals surface area contributed by atoms with Gasteiger partial charge in [-0.2, -0.15) is 0 Å². The third kappa shape index (κ3) is 5.40. The first-order valence-corrected chi connectivity index (χ1v) is 5.37. The molecule has 0 aliphatic carbocycles. The van der Waals surface area contributed by atoms with Gasteiger partial charge in [-0.3, -0.25) is 0 Å². The molecule has 0 fully saturated rings. The van der Waals surface area contributed by atoms with Crippen molar-refractivity contribution in [2.75, 3.05) is 13.2 Å². The van der Waals surface area contributed by atoms with Crippen LogP contribution in [0.25, 0.3) is 0 Å². The summed E-state index contributed by atoms with van der Waals surface area (Å²) < 4.78 is 5.43. The highest BCUT2D eigenvalue weighted by Gasteiger charge is 2.08. The molecule has 0 spiro atoms. The van der Waals surface area contributed by atoms with Crippen LogP contribution in [0.5, 0.6) is 5.75 Å². The van der Waals surface area contributed by atoms with E-state index >= 15 is 0 Å². The van der Waals surface area contributed by atoms with Crippen molar-refractivity contribution in [1.29, 1.82) is 0 Å². The lowest BCUT2D eigenvalue weighted by atomic mass is 10.3. The van der Waals surface area contributed by atoms with Gasteiger partial charge in [0.15, 0.2) is 0 Å². The van der Waals surface area contributed by atoms with Gasteiger partial charge >= 0.3 is 0 Å². The summed E-state index contributed by atoms with van der Waals surface area (Å²) >= 11 is 0. The molecule has 3 heteroatoms. The summed E-state index contributed by atoms with van der Waals surface area (Å²) in [5, 5.41) is 11.7. The average Bonchev–Trinajstić information content (AvgIpc) is 2.25. The Morgan fingerprint density at radius 1 is 1.27 bits per heavy atom. The number of para-hydroxylation sites is 1. The van der Waals surface area contributed by atoms with Crippen molar-refractivity contribution < 1.29 is 15.2 Å². The van der Waals surface area contributed by atoms with Crippen molar-refractivity contribution in [2.24, 2.45) is 0 Å². The van der Waals surface area contributed by atoms with Gasteiger partial charge < -0.3 is 15.2 Å². The SMILES string of the molecule is CC(C)[NH2+]C[C@@H](O)COc1ccccc1. The van der Waals surface area contributed by atoms with Crippen molar-refractivity contribution in [3.63, 3.8) is 0 Å². The molecule has 3 nitrogen and oxygen atoms in total. The van der Waals surface area contributed by atoms with E-state index in [1.807, 2.05) is 30.3 Å². The fourth-order valence-electron chi connectivity index (χ4n) is 1.21. The van der Waals surface area contributed by atoms with Crippen LogP contribution >= 0.6 is 0 Å². The zero-order chi connectivity index (χ0) is 11.1. The first-order valence-electron chi connectivity index (χ1n) is 5.37. The summed E-state index contributed by atoms with van der Waals surface area (Å²) in [7, 11) is 0. The van der Waals surface area contributed by atoms with Crippen LogP contribution in [0.15, 0.2) is 30.3 Å². The average molecular weight is 210 g/mol. The van der Waals surface area contributed by atoms with Gasteiger partial charge in [0.2, 0.25) is 0 Å². The highest BCUT2D eigenvalue weighted by Crippen LogP contribution is 2.07. The van der Waals surface area contributed by atoms with Crippen LogP contribution in [0.1, 0.15) is 13.8 Å². The molecule has 3 N–H and O–H groups in total. The number of hydrogen-bond acceptors (Lipinski definition) is 2. The van der Waals surface area contributed by atoms with Crippen LogP contribution in [-0.4, -0.2) is 30.4 Å². The maximum absolute atomic E-state index is 9.60. The number of quaternary nitrogens is 1. The number of aliphatic hydroxyl groups excluding tert-OH is 1. The van der Waals surface area contributed by atoms with Crippen LogP contribution in [0.3, 0.4) is 0 Å². The third-order valence-corrected chi connectivity index (χ3v) is 2.07. The molecule has 0 aliphatic heterocycles. The Balaban J connectivity index is 2.19. The molecule has 15 heavy (non-hydrogen) atoms. The van der Waals surface area contributed by atoms with Crippen molar-refractivity contribution in [1.82, 2.24) is 0 Å². The van der Waals surface area contributed by atoms with E-state index in [2.05, 4.69) is 19.2 Å². The molecule has 0 bridgehead atoms. The van der Waals surface area contributed by atoms with Crippen LogP contribution < -0.4 is 10.1 Å². The number of benzene rings is 1. The van der Waals surface area contributed by atoms with E-state index in [1.54, 1.807) is 0 Å². The lowest BCUT2D eigenvalue weighted by Crippen LogP contribution is -2.90. The summed E-state index contributed by atoms with van der Waals surface area (Å²) in [6, 6.07) is 10.1. The molecule has 84 valence electrons. The molecule has 0 saturated carbocycles. The van der Waals surface area contributed by atoms with Gasteiger partial charge in [0.1, 0.15) is 25.0 Å². The molecule has 1 atom stereocenters. The molecule has 0 aliphatic rings. The standard InChI is InChI=1S/C12H19NO2/c1-10(2)13-8-11(14)9-15-12-6-4-3-5-7-12/h3-7,10-11,13-14H,8-9H2,1-2H3/p+1/t11-/m1/s1. The predicted octanol–water partition coefficient (Wildman–Crippen LogP) is 0.398. The molecular formula is C12H20NO2+. The minimum absolute atomic E-state index is 0.354. The second-order valence-electron chi connectivity index (χ2n) is 3.99. The molecule has 0 saturated heterocycles. The summed E-state index contributed by atoms with van der Waals surface area (Å²) in [5.74, 6) is 0.807. The van der Waals surface area contributed by atoms with Crippen molar-refractivity contribution >= 4 is 0 Å². The zero-order valence-electron chi connectivity index (χ0n) is 9.39. The third-order valence-electron chi connectivity index (χ3n) is 2.07. The zero-order valence-corrected chi connectivity index (χ0v) is 9.39. The second-order valence-corrected chi connectivity index (χ2v) is 3.99. The lowest BCUT2D eigenvalue weighted by molar-refractivity contribution is -0.688. The summed E-state index contributed by atoms with van der Waals surface area (Å²) in [6.45, 7) is 5.24. The van der Waals surface area contributed by atoms with Gasteiger partial charge in [-0.1, -0.05) is 18.2 Å². The quantitative estimate of drug-likeness (QED) is 0.714. The van der Waals surface area contributed by atoms with Crippen LogP contribution in [0.2, 0.25) is 0 Å². The Morgan fingerprint density at radius 2 is 1.93 bits per heavy atom. The van der Waals surface area contributed by atoms with Crippen LogP contribution in [0.4, 0.5) is 0 Å². The number of ether oxygens (including phenoxy) is 1. The summed E-state index contributed by atoms with van der Waals surface area (Å²) in [5.41, 5.74) is 0. The van der Waals surface area contributed by atoms with Gasteiger partial charge in [-0.25, -0.2) is 0 Å². The number of nitrogens with two attached hydrogens (primary N) is 1. The Bertz CT molecular complexity index is 262. The minimum atomic E-state index is -0.410. The first kappa shape index (κ1) is 12.0. The normalized spacial score (nSPS) is 12.8. The van der Waals surface area contributed by atoms with Gasteiger partial charge in [-0.05, 0) is 26.0 Å². The van der Waals surface area contributed by atoms with Gasteiger partial charge in [0.25, 0.3) is 0 Å². The molecule has 0 radical (unpaired) electrons. The number of rotatable bonds is 6. The molecule has 1 aromatic rings. The van der Waals surface area contributed by atoms with Gasteiger partial charge in [0, 0.05) is 0 Å². The first-order chi connectivity index (χ1) is 7.18. The topological polar surface area (TPSA) is 46.1 Å². The monoisotopic (exact) mass is 210 g/mol. The smallest absolute Gasteiger partial charge is 0.137 e. The van der Waals surface area contributed by atoms with Crippen molar-refractivity contribution in [2.45, 2.75) is 26.0 Å². The highest BCUT2D eigenvalue weighted by atomic mass is 16.5. The maximum atomic E-state index is 9.60. The highest BCUT2D eigenvalue weighted by molar-refractivity contribution is 5.20. The van der Waals surface area contributed by atoms with Crippen LogP contribution in [0, 0.1) is 0 Å². The number of aliphatic hydroxyl groups is 1. The van der Waals surface area contributed by atoms with Crippen LogP contribution in [-0.2, 0) is 0 Å².